The van der Waals surface area contributed by atoms with E-state index < -0.39 is 23.2 Å². The van der Waals surface area contributed by atoms with Gasteiger partial charge in [0.15, 0.2) is 5.69 Å². The van der Waals surface area contributed by atoms with Crippen LogP contribution in [-0.2, 0) is 13.2 Å². The summed E-state index contributed by atoms with van der Waals surface area (Å²) in [5, 5.41) is 7.10. The van der Waals surface area contributed by atoms with Crippen LogP contribution in [0.1, 0.15) is 27.3 Å². The molecule has 0 aliphatic heterocycles. The van der Waals surface area contributed by atoms with Crippen molar-refractivity contribution in [3.63, 3.8) is 0 Å². The van der Waals surface area contributed by atoms with Crippen molar-refractivity contribution in [2.24, 2.45) is 0 Å². The summed E-state index contributed by atoms with van der Waals surface area (Å²) >= 11 is 6.20. The van der Waals surface area contributed by atoms with E-state index in [4.69, 9.17) is 16.3 Å². The fraction of sp³-hybridized carbons (Fsp3) is 0.120. The molecule has 33 heavy (non-hydrogen) atoms. The van der Waals surface area contributed by atoms with Gasteiger partial charge in [0.1, 0.15) is 29.7 Å². The lowest BCUT2D eigenvalue weighted by Gasteiger charge is -2.13. The van der Waals surface area contributed by atoms with Crippen molar-refractivity contribution in [2.75, 3.05) is 5.32 Å². The molecule has 0 fully saturated rings. The number of nitrogens with zero attached hydrogens (tertiary/aromatic N) is 2. The van der Waals surface area contributed by atoms with Gasteiger partial charge in [-0.3, -0.25) is 9.48 Å². The highest BCUT2D eigenvalue weighted by Crippen LogP contribution is 2.26. The molecule has 8 heteroatoms. The highest BCUT2D eigenvalue weighted by atomic mass is 35.5. The number of hydrogen-bond donors (Lipinski definition) is 1. The lowest BCUT2D eigenvalue weighted by molar-refractivity contribution is 0.102. The number of rotatable bonds is 7. The van der Waals surface area contributed by atoms with Crippen LogP contribution in [0.4, 0.5) is 14.5 Å². The van der Waals surface area contributed by atoms with Gasteiger partial charge in [-0.15, -0.1) is 0 Å². The molecule has 0 atom stereocenters. The average molecular weight is 468 g/mol. The second-order valence-corrected chi connectivity index (χ2v) is 7.84. The number of para-hydroxylation sites is 1. The Bertz CT molecular complexity index is 1270. The molecule has 0 saturated heterocycles. The lowest BCUT2D eigenvalue weighted by atomic mass is 10.2. The van der Waals surface area contributed by atoms with Crippen LogP contribution < -0.4 is 10.1 Å². The van der Waals surface area contributed by atoms with Gasteiger partial charge in [-0.2, -0.15) is 5.10 Å². The van der Waals surface area contributed by atoms with Gasteiger partial charge in [-0.05, 0) is 48.9 Å². The minimum atomic E-state index is -0.862. The SMILES string of the molecule is Cc1cc(C(=O)Nc2c(F)cccc2F)nn1Cc1cc(Cl)ccc1OCc1ccccc1. The van der Waals surface area contributed by atoms with Crippen LogP contribution in [0.25, 0.3) is 0 Å². The van der Waals surface area contributed by atoms with Crippen LogP contribution in [-0.4, -0.2) is 15.7 Å². The van der Waals surface area contributed by atoms with Crippen LogP contribution in [0, 0.1) is 18.6 Å². The second kappa shape index (κ2) is 9.83. The Labute approximate surface area is 194 Å². The van der Waals surface area contributed by atoms with Crippen LogP contribution in [0.2, 0.25) is 5.02 Å². The van der Waals surface area contributed by atoms with E-state index in [1.165, 1.54) is 6.07 Å². The Morgan fingerprint density at radius 3 is 2.48 bits per heavy atom. The first kappa shape index (κ1) is 22.5. The molecule has 1 N–H and O–H groups in total. The van der Waals surface area contributed by atoms with E-state index in [2.05, 4.69) is 10.4 Å². The quantitative estimate of drug-likeness (QED) is 0.362. The highest BCUT2D eigenvalue weighted by Gasteiger charge is 2.18. The van der Waals surface area contributed by atoms with Crippen LogP contribution >= 0.6 is 11.6 Å². The molecule has 4 rings (SSSR count). The summed E-state index contributed by atoms with van der Waals surface area (Å²) in [6.45, 7) is 2.45. The van der Waals surface area contributed by atoms with Gasteiger partial charge in [-0.1, -0.05) is 48.0 Å². The van der Waals surface area contributed by atoms with Crippen LogP contribution in [0.15, 0.2) is 72.8 Å². The molecule has 0 aliphatic rings. The number of hydrogen-bond acceptors (Lipinski definition) is 3. The third kappa shape index (κ3) is 5.38. The first-order valence-corrected chi connectivity index (χ1v) is 10.5. The lowest BCUT2D eigenvalue weighted by Crippen LogP contribution is -2.15. The largest absolute Gasteiger partial charge is 0.489 e. The molecule has 0 unspecified atom stereocenters. The molecule has 1 heterocycles. The van der Waals surface area contributed by atoms with E-state index in [-0.39, 0.29) is 12.2 Å². The van der Waals surface area contributed by atoms with Gasteiger partial charge < -0.3 is 10.1 Å². The minimum Gasteiger partial charge on any atom is -0.489 e. The summed E-state index contributed by atoms with van der Waals surface area (Å²) < 4.78 is 35.3. The number of carbonyl (C=O) groups excluding carboxylic acids is 1. The van der Waals surface area contributed by atoms with E-state index in [1.807, 2.05) is 30.3 Å². The Morgan fingerprint density at radius 2 is 1.76 bits per heavy atom. The van der Waals surface area contributed by atoms with E-state index in [0.29, 0.717) is 23.1 Å². The molecule has 0 bridgehead atoms. The number of aryl methyl sites for hydroxylation is 1. The van der Waals surface area contributed by atoms with E-state index in [0.717, 1.165) is 23.3 Å². The molecule has 1 amide bonds. The number of aromatic nitrogens is 2. The molecule has 0 spiro atoms. The maximum absolute atomic E-state index is 13.9. The van der Waals surface area contributed by atoms with Crippen molar-refractivity contribution < 1.29 is 18.3 Å². The molecule has 4 aromatic rings. The molecular formula is C25H20ClF2N3O2. The van der Waals surface area contributed by atoms with E-state index in [1.54, 1.807) is 35.9 Å². The zero-order valence-corrected chi connectivity index (χ0v) is 18.4. The standard InChI is InChI=1S/C25H20ClF2N3O2/c1-16-12-22(25(32)29-24-20(27)8-5-9-21(24)28)30-31(16)14-18-13-19(26)10-11-23(18)33-15-17-6-3-2-4-7-17/h2-13H,14-15H2,1H3,(H,29,32). The number of carbonyl (C=O) groups is 1. The smallest absolute Gasteiger partial charge is 0.276 e. The first-order chi connectivity index (χ1) is 15.9. The average Bonchev–Trinajstić information content (AvgIpc) is 3.17. The summed E-state index contributed by atoms with van der Waals surface area (Å²) in [4.78, 5) is 12.6. The number of amides is 1. The van der Waals surface area contributed by atoms with Crippen LogP contribution in [0.3, 0.4) is 0 Å². The summed E-state index contributed by atoms with van der Waals surface area (Å²) in [6.07, 6.45) is 0. The number of benzene rings is 3. The van der Waals surface area contributed by atoms with E-state index in [9.17, 15) is 13.6 Å². The predicted molar refractivity (Wildman–Crippen MR) is 123 cm³/mol. The fourth-order valence-electron chi connectivity index (χ4n) is 3.29. The Hall–Kier alpha value is -3.71. The number of ether oxygens (including phenoxy) is 1. The van der Waals surface area contributed by atoms with Crippen molar-refractivity contribution >= 4 is 23.2 Å². The minimum absolute atomic E-state index is 0.0314. The van der Waals surface area contributed by atoms with Gasteiger partial charge in [0.05, 0.1) is 6.54 Å². The fourth-order valence-corrected chi connectivity index (χ4v) is 3.48. The molecule has 0 saturated carbocycles. The molecule has 3 aromatic carbocycles. The van der Waals surface area contributed by atoms with Gasteiger partial charge in [0, 0.05) is 16.3 Å². The van der Waals surface area contributed by atoms with Gasteiger partial charge >= 0.3 is 0 Å². The van der Waals surface area contributed by atoms with Crippen molar-refractivity contribution in [1.29, 1.82) is 0 Å². The molecule has 0 aliphatic carbocycles. The maximum Gasteiger partial charge on any atom is 0.276 e. The van der Waals surface area contributed by atoms with Crippen molar-refractivity contribution in [1.82, 2.24) is 9.78 Å². The molecule has 1 aromatic heterocycles. The highest BCUT2D eigenvalue weighted by molar-refractivity contribution is 6.30. The Balaban J connectivity index is 1.53. The van der Waals surface area contributed by atoms with Crippen LogP contribution in [0.5, 0.6) is 5.75 Å². The van der Waals surface area contributed by atoms with E-state index >= 15 is 0 Å². The molecule has 5 nitrogen and oxygen atoms in total. The normalized spacial score (nSPS) is 10.8. The summed E-state index contributed by atoms with van der Waals surface area (Å²) in [5.41, 5.74) is 2.00. The first-order valence-electron chi connectivity index (χ1n) is 10.2. The Morgan fingerprint density at radius 1 is 1.03 bits per heavy atom. The van der Waals surface area contributed by atoms with Gasteiger partial charge in [0.2, 0.25) is 0 Å². The zero-order chi connectivity index (χ0) is 23.4. The Kier molecular flexibility index (Phi) is 6.70. The van der Waals surface area contributed by atoms with Gasteiger partial charge in [0.25, 0.3) is 5.91 Å². The third-order valence-electron chi connectivity index (χ3n) is 4.99. The second-order valence-electron chi connectivity index (χ2n) is 7.41. The van der Waals surface area contributed by atoms with Crippen molar-refractivity contribution in [3.8, 4) is 5.75 Å². The molecular weight excluding hydrogens is 448 g/mol. The third-order valence-corrected chi connectivity index (χ3v) is 5.23. The topological polar surface area (TPSA) is 56.2 Å². The maximum atomic E-state index is 13.9. The number of anilines is 1. The van der Waals surface area contributed by atoms with Gasteiger partial charge in [-0.25, -0.2) is 8.78 Å². The monoisotopic (exact) mass is 467 g/mol. The van der Waals surface area contributed by atoms with Crippen molar-refractivity contribution in [3.05, 3.63) is 112 Å². The predicted octanol–water partition coefficient (Wildman–Crippen LogP) is 6.00. The summed E-state index contributed by atoms with van der Waals surface area (Å²) in [5.74, 6) is -1.80. The van der Waals surface area contributed by atoms with Crippen molar-refractivity contribution in [2.45, 2.75) is 20.1 Å². The summed E-state index contributed by atoms with van der Waals surface area (Å²) in [6, 6.07) is 20.0. The summed E-state index contributed by atoms with van der Waals surface area (Å²) in [7, 11) is 0. The molecule has 0 radical (unpaired) electrons. The zero-order valence-electron chi connectivity index (χ0n) is 17.7. The number of halogens is 3. The number of nitrogens with one attached hydrogen (secondary N) is 1. The molecule has 168 valence electrons.